The number of hydrogen-bond acceptors (Lipinski definition) is 3. The molecular formula is C11H11F3N2O2. The maximum Gasteiger partial charge on any atom is 0.433 e. The summed E-state index contributed by atoms with van der Waals surface area (Å²) in [6.45, 7) is 0.606. The SMILES string of the molecule is O=C(O)C1CCN(c2cccc(C(F)(F)F)n2)C1. The fourth-order valence-corrected chi connectivity index (χ4v) is 1.93. The topological polar surface area (TPSA) is 53.4 Å². The molecule has 1 N–H and O–H groups in total. The lowest BCUT2D eigenvalue weighted by Crippen LogP contribution is -2.24. The minimum Gasteiger partial charge on any atom is -0.481 e. The summed E-state index contributed by atoms with van der Waals surface area (Å²) in [4.78, 5) is 15.9. The molecule has 98 valence electrons. The lowest BCUT2D eigenvalue weighted by molar-refractivity contribution is -0.142. The Bertz CT molecular complexity index is 462. The zero-order valence-corrected chi connectivity index (χ0v) is 9.31. The zero-order chi connectivity index (χ0) is 13.3. The van der Waals surface area contributed by atoms with Crippen molar-refractivity contribution in [2.24, 2.45) is 5.92 Å². The van der Waals surface area contributed by atoms with Gasteiger partial charge in [-0.25, -0.2) is 4.98 Å². The first-order valence-corrected chi connectivity index (χ1v) is 5.40. The quantitative estimate of drug-likeness (QED) is 0.883. The number of carboxylic acid groups (broad SMARTS) is 1. The van der Waals surface area contributed by atoms with Crippen LogP contribution in [-0.2, 0) is 11.0 Å². The van der Waals surface area contributed by atoms with Gasteiger partial charge >= 0.3 is 12.1 Å². The van der Waals surface area contributed by atoms with Crippen molar-refractivity contribution in [3.8, 4) is 0 Å². The fraction of sp³-hybridized carbons (Fsp3) is 0.455. The van der Waals surface area contributed by atoms with Gasteiger partial charge in [-0.15, -0.1) is 0 Å². The van der Waals surface area contributed by atoms with E-state index >= 15 is 0 Å². The predicted octanol–water partition coefficient (Wildman–Crippen LogP) is 2.01. The molecular weight excluding hydrogens is 249 g/mol. The van der Waals surface area contributed by atoms with Crippen LogP contribution in [-0.4, -0.2) is 29.1 Å². The van der Waals surface area contributed by atoms with Crippen molar-refractivity contribution < 1.29 is 23.1 Å². The Hall–Kier alpha value is -1.79. The number of alkyl halides is 3. The van der Waals surface area contributed by atoms with Crippen molar-refractivity contribution in [3.05, 3.63) is 23.9 Å². The van der Waals surface area contributed by atoms with E-state index in [0.717, 1.165) is 6.07 Å². The van der Waals surface area contributed by atoms with Crippen LogP contribution in [0.2, 0.25) is 0 Å². The van der Waals surface area contributed by atoms with Gasteiger partial charge in [-0.3, -0.25) is 4.79 Å². The van der Waals surface area contributed by atoms with Crippen molar-refractivity contribution in [2.75, 3.05) is 18.0 Å². The highest BCUT2D eigenvalue weighted by atomic mass is 19.4. The standard InChI is InChI=1S/C11H11F3N2O2/c12-11(13,14)8-2-1-3-9(15-8)16-5-4-7(6-16)10(17)18/h1-3,7H,4-6H2,(H,17,18). The molecule has 0 aromatic carbocycles. The van der Waals surface area contributed by atoms with Gasteiger partial charge in [0.1, 0.15) is 11.5 Å². The molecule has 0 spiro atoms. The molecule has 1 aliphatic rings. The van der Waals surface area contributed by atoms with Gasteiger partial charge in [-0.1, -0.05) is 6.07 Å². The Balaban J connectivity index is 2.18. The molecule has 1 saturated heterocycles. The summed E-state index contributed by atoms with van der Waals surface area (Å²) >= 11 is 0. The number of halogens is 3. The van der Waals surface area contributed by atoms with Gasteiger partial charge in [-0.05, 0) is 18.6 Å². The number of anilines is 1. The summed E-state index contributed by atoms with van der Waals surface area (Å²) in [5.74, 6) is -1.29. The minimum atomic E-state index is -4.48. The molecule has 7 heteroatoms. The number of aliphatic carboxylic acids is 1. The first kappa shape index (κ1) is 12.7. The number of hydrogen-bond donors (Lipinski definition) is 1. The van der Waals surface area contributed by atoms with E-state index in [1.807, 2.05) is 0 Å². The predicted molar refractivity (Wildman–Crippen MR) is 57.2 cm³/mol. The Morgan fingerprint density at radius 3 is 2.72 bits per heavy atom. The summed E-state index contributed by atoms with van der Waals surface area (Å²) in [6.07, 6.45) is -4.06. The molecule has 1 aliphatic heterocycles. The van der Waals surface area contributed by atoms with Crippen molar-refractivity contribution in [1.82, 2.24) is 4.98 Å². The van der Waals surface area contributed by atoms with E-state index in [9.17, 15) is 18.0 Å². The van der Waals surface area contributed by atoms with Gasteiger partial charge in [0.15, 0.2) is 0 Å². The van der Waals surface area contributed by atoms with E-state index in [2.05, 4.69) is 4.98 Å². The first-order valence-electron chi connectivity index (χ1n) is 5.40. The Kier molecular flexibility index (Phi) is 3.14. The smallest absolute Gasteiger partial charge is 0.433 e. The van der Waals surface area contributed by atoms with Crippen LogP contribution in [0.15, 0.2) is 18.2 Å². The van der Waals surface area contributed by atoms with Gasteiger partial charge < -0.3 is 10.0 Å². The van der Waals surface area contributed by atoms with Gasteiger partial charge in [-0.2, -0.15) is 13.2 Å². The van der Waals surface area contributed by atoms with E-state index in [1.54, 1.807) is 4.90 Å². The lowest BCUT2D eigenvalue weighted by atomic mass is 10.1. The normalized spacial score (nSPS) is 20.2. The highest BCUT2D eigenvalue weighted by Gasteiger charge is 2.34. The molecule has 0 aliphatic carbocycles. The maximum absolute atomic E-state index is 12.5. The van der Waals surface area contributed by atoms with Crippen molar-refractivity contribution >= 4 is 11.8 Å². The van der Waals surface area contributed by atoms with Crippen LogP contribution in [0.1, 0.15) is 12.1 Å². The van der Waals surface area contributed by atoms with E-state index in [1.165, 1.54) is 12.1 Å². The molecule has 2 rings (SSSR count). The Morgan fingerprint density at radius 2 is 2.17 bits per heavy atom. The molecule has 2 heterocycles. The molecule has 1 aromatic heterocycles. The van der Waals surface area contributed by atoms with Gasteiger partial charge in [0.25, 0.3) is 0 Å². The molecule has 0 saturated carbocycles. The number of nitrogens with zero attached hydrogens (tertiary/aromatic N) is 2. The third kappa shape index (κ3) is 2.55. The van der Waals surface area contributed by atoms with Gasteiger partial charge in [0.05, 0.1) is 5.92 Å². The maximum atomic E-state index is 12.5. The molecule has 1 fully saturated rings. The number of carboxylic acids is 1. The summed E-state index contributed by atoms with van der Waals surface area (Å²) in [5, 5.41) is 8.83. The van der Waals surface area contributed by atoms with Crippen LogP contribution in [0.25, 0.3) is 0 Å². The summed E-state index contributed by atoms with van der Waals surface area (Å²) < 4.78 is 37.5. The molecule has 1 atom stereocenters. The zero-order valence-electron chi connectivity index (χ0n) is 9.31. The average Bonchev–Trinajstić information content (AvgIpc) is 2.77. The lowest BCUT2D eigenvalue weighted by Gasteiger charge is -2.18. The molecule has 0 amide bonds. The fourth-order valence-electron chi connectivity index (χ4n) is 1.93. The van der Waals surface area contributed by atoms with Crippen LogP contribution in [0.5, 0.6) is 0 Å². The van der Waals surface area contributed by atoms with E-state index < -0.39 is 23.8 Å². The second-order valence-corrected chi connectivity index (χ2v) is 4.15. The number of aromatic nitrogens is 1. The minimum absolute atomic E-state index is 0.175. The van der Waals surface area contributed by atoms with Crippen molar-refractivity contribution in [3.63, 3.8) is 0 Å². The largest absolute Gasteiger partial charge is 0.481 e. The number of rotatable bonds is 2. The van der Waals surface area contributed by atoms with E-state index in [-0.39, 0.29) is 12.4 Å². The molecule has 0 bridgehead atoms. The van der Waals surface area contributed by atoms with Crippen molar-refractivity contribution in [1.29, 1.82) is 0 Å². The van der Waals surface area contributed by atoms with Crippen LogP contribution < -0.4 is 4.90 Å². The van der Waals surface area contributed by atoms with Crippen LogP contribution in [0.3, 0.4) is 0 Å². The number of pyridine rings is 1. The summed E-state index contributed by atoms with van der Waals surface area (Å²) in [7, 11) is 0. The number of carbonyl (C=O) groups is 1. The molecule has 1 aromatic rings. The molecule has 4 nitrogen and oxygen atoms in total. The Labute approximate surface area is 101 Å². The second kappa shape index (κ2) is 4.47. The molecule has 1 unspecified atom stereocenters. The van der Waals surface area contributed by atoms with Gasteiger partial charge in [0.2, 0.25) is 0 Å². The summed E-state index contributed by atoms with van der Waals surface area (Å²) in [5.41, 5.74) is -0.959. The van der Waals surface area contributed by atoms with E-state index in [0.29, 0.717) is 13.0 Å². The average molecular weight is 260 g/mol. The second-order valence-electron chi connectivity index (χ2n) is 4.15. The third-order valence-corrected chi connectivity index (χ3v) is 2.89. The van der Waals surface area contributed by atoms with Crippen molar-refractivity contribution in [2.45, 2.75) is 12.6 Å². The highest BCUT2D eigenvalue weighted by Crippen LogP contribution is 2.30. The third-order valence-electron chi connectivity index (χ3n) is 2.89. The highest BCUT2D eigenvalue weighted by molar-refractivity contribution is 5.71. The molecule has 18 heavy (non-hydrogen) atoms. The van der Waals surface area contributed by atoms with Gasteiger partial charge in [0, 0.05) is 13.1 Å². The van der Waals surface area contributed by atoms with Crippen LogP contribution >= 0.6 is 0 Å². The molecule has 0 radical (unpaired) electrons. The van der Waals surface area contributed by atoms with Crippen LogP contribution in [0.4, 0.5) is 19.0 Å². The first-order chi connectivity index (χ1) is 8.38. The van der Waals surface area contributed by atoms with Crippen LogP contribution in [0, 0.1) is 5.92 Å². The summed E-state index contributed by atoms with van der Waals surface area (Å²) in [6, 6.07) is 3.63. The monoisotopic (exact) mass is 260 g/mol. The van der Waals surface area contributed by atoms with E-state index in [4.69, 9.17) is 5.11 Å². The Morgan fingerprint density at radius 1 is 1.44 bits per heavy atom.